The number of rotatable bonds is 7. The summed E-state index contributed by atoms with van der Waals surface area (Å²) in [4.78, 5) is 4.47. The van der Waals surface area contributed by atoms with Crippen molar-refractivity contribution in [2.45, 2.75) is 27.0 Å². The van der Waals surface area contributed by atoms with Crippen molar-refractivity contribution in [3.05, 3.63) is 17.7 Å². The molecule has 0 amide bonds. The number of hydrogen-bond acceptors (Lipinski definition) is 5. The molecule has 1 fully saturated rings. The summed E-state index contributed by atoms with van der Waals surface area (Å²) in [5.74, 6) is 1.51. The summed E-state index contributed by atoms with van der Waals surface area (Å²) in [5.41, 5.74) is 0.573. The summed E-state index contributed by atoms with van der Waals surface area (Å²) < 4.78 is 45.8. The van der Waals surface area contributed by atoms with Crippen molar-refractivity contribution >= 4 is 29.9 Å². The molecule has 0 atom stereocenters. The topological polar surface area (TPSA) is 73.3 Å². The van der Waals surface area contributed by atoms with Crippen LogP contribution >= 0.6 is 24.0 Å². The van der Waals surface area contributed by atoms with E-state index in [2.05, 4.69) is 27.3 Å². The molecule has 0 saturated carbocycles. The lowest BCUT2D eigenvalue weighted by atomic mass is 9.89. The summed E-state index contributed by atoms with van der Waals surface area (Å²) >= 11 is 0. The standard InChI is InChI=1S/C17H23F2N3O4.HI/c1-3-20-16(22-7-17(2)8-23-9-17)21-6-11-4-13-14(25-10-24-13)5-12(11)26-15(18)19;/h4-5,15H,3,6-10H2,1-2H3,(H2,20,21,22);1H. The predicted octanol–water partition coefficient (Wildman–Crippen LogP) is 2.73. The Morgan fingerprint density at radius 2 is 1.96 bits per heavy atom. The summed E-state index contributed by atoms with van der Waals surface area (Å²) in [6.07, 6.45) is 0. The molecule has 2 aliphatic heterocycles. The zero-order chi connectivity index (χ0) is 18.6. The minimum atomic E-state index is -2.93. The summed E-state index contributed by atoms with van der Waals surface area (Å²) in [7, 11) is 0. The molecule has 1 aromatic carbocycles. The molecule has 0 aliphatic carbocycles. The maximum atomic E-state index is 12.7. The van der Waals surface area contributed by atoms with Crippen LogP contribution < -0.4 is 24.8 Å². The highest BCUT2D eigenvalue weighted by Gasteiger charge is 2.33. The van der Waals surface area contributed by atoms with Crippen LogP contribution in [0.2, 0.25) is 0 Å². The van der Waals surface area contributed by atoms with Gasteiger partial charge in [0.05, 0.1) is 19.8 Å². The SMILES string of the molecule is CCNC(=NCc1cc2c(cc1OC(F)F)OCO2)NCC1(C)COC1.I. The van der Waals surface area contributed by atoms with Gasteiger partial charge in [-0.15, -0.1) is 24.0 Å². The number of benzene rings is 1. The fourth-order valence-electron chi connectivity index (χ4n) is 2.65. The number of guanidine groups is 1. The number of nitrogens with zero attached hydrogens (tertiary/aromatic N) is 1. The van der Waals surface area contributed by atoms with Crippen LogP contribution in [-0.2, 0) is 11.3 Å². The third-order valence-corrected chi connectivity index (χ3v) is 4.11. The number of ether oxygens (including phenoxy) is 4. The predicted molar refractivity (Wildman–Crippen MR) is 106 cm³/mol. The highest BCUT2D eigenvalue weighted by molar-refractivity contribution is 14.0. The van der Waals surface area contributed by atoms with Crippen LogP contribution in [0.3, 0.4) is 0 Å². The molecule has 7 nitrogen and oxygen atoms in total. The van der Waals surface area contributed by atoms with Gasteiger partial charge in [0.2, 0.25) is 6.79 Å². The fourth-order valence-corrected chi connectivity index (χ4v) is 2.65. The molecule has 152 valence electrons. The van der Waals surface area contributed by atoms with Gasteiger partial charge in [-0.25, -0.2) is 4.99 Å². The maximum Gasteiger partial charge on any atom is 0.387 e. The van der Waals surface area contributed by atoms with E-state index in [9.17, 15) is 8.78 Å². The lowest BCUT2D eigenvalue weighted by Gasteiger charge is -2.38. The first-order chi connectivity index (χ1) is 12.5. The molecule has 0 unspecified atom stereocenters. The Kier molecular flexibility index (Phi) is 7.71. The second-order valence-corrected chi connectivity index (χ2v) is 6.54. The highest BCUT2D eigenvalue weighted by Crippen LogP contribution is 2.39. The van der Waals surface area contributed by atoms with E-state index in [1.54, 1.807) is 6.07 Å². The molecule has 10 heteroatoms. The smallest absolute Gasteiger partial charge is 0.387 e. The van der Waals surface area contributed by atoms with Crippen molar-refractivity contribution in [1.82, 2.24) is 10.6 Å². The Balaban J connectivity index is 0.00000261. The third-order valence-electron chi connectivity index (χ3n) is 4.11. The van der Waals surface area contributed by atoms with E-state index >= 15 is 0 Å². The number of aliphatic imine (C=N–C) groups is 1. The van der Waals surface area contributed by atoms with Gasteiger partial charge in [-0.2, -0.15) is 8.78 Å². The van der Waals surface area contributed by atoms with Gasteiger partial charge in [0.15, 0.2) is 17.5 Å². The molecule has 1 aromatic rings. The van der Waals surface area contributed by atoms with Crippen LogP contribution in [0.5, 0.6) is 17.2 Å². The summed E-state index contributed by atoms with van der Waals surface area (Å²) in [6.45, 7) is 4.16. The van der Waals surface area contributed by atoms with E-state index in [0.717, 1.165) is 0 Å². The second kappa shape index (κ2) is 9.58. The van der Waals surface area contributed by atoms with Crippen LogP contribution in [0.25, 0.3) is 0 Å². The van der Waals surface area contributed by atoms with Gasteiger partial charge < -0.3 is 29.6 Å². The zero-order valence-corrected chi connectivity index (χ0v) is 17.5. The molecule has 0 bridgehead atoms. The Bertz CT molecular complexity index is 672. The number of fused-ring (bicyclic) bond motifs is 1. The first-order valence-electron chi connectivity index (χ1n) is 8.46. The van der Waals surface area contributed by atoms with Crippen molar-refractivity contribution in [1.29, 1.82) is 0 Å². The monoisotopic (exact) mass is 499 g/mol. The average molecular weight is 499 g/mol. The molecule has 1 saturated heterocycles. The first-order valence-corrected chi connectivity index (χ1v) is 8.46. The fraction of sp³-hybridized carbons (Fsp3) is 0.588. The quantitative estimate of drug-likeness (QED) is 0.342. The van der Waals surface area contributed by atoms with Crippen molar-refractivity contribution in [3.8, 4) is 17.2 Å². The summed E-state index contributed by atoms with van der Waals surface area (Å²) in [6, 6.07) is 3.03. The molecule has 0 spiro atoms. The number of hydrogen-bond donors (Lipinski definition) is 2. The molecular weight excluding hydrogens is 475 g/mol. The van der Waals surface area contributed by atoms with Crippen molar-refractivity contribution in [3.63, 3.8) is 0 Å². The van der Waals surface area contributed by atoms with Gasteiger partial charge in [0.25, 0.3) is 0 Å². The lowest BCUT2D eigenvalue weighted by molar-refractivity contribution is -0.0971. The van der Waals surface area contributed by atoms with E-state index < -0.39 is 6.61 Å². The van der Waals surface area contributed by atoms with Crippen LogP contribution in [0.15, 0.2) is 17.1 Å². The molecular formula is C17H24F2IN3O4. The minimum absolute atomic E-state index is 0. The molecule has 2 aliphatic rings. The van der Waals surface area contributed by atoms with Gasteiger partial charge >= 0.3 is 6.61 Å². The van der Waals surface area contributed by atoms with Gasteiger partial charge in [-0.05, 0) is 13.0 Å². The largest absolute Gasteiger partial charge is 0.454 e. The summed E-state index contributed by atoms with van der Waals surface area (Å²) in [5, 5.41) is 6.40. The Labute approximate surface area is 173 Å². The molecule has 2 heterocycles. The Morgan fingerprint density at radius 3 is 2.56 bits per heavy atom. The van der Waals surface area contributed by atoms with E-state index in [1.807, 2.05) is 6.92 Å². The molecule has 0 aromatic heterocycles. The van der Waals surface area contributed by atoms with E-state index in [1.165, 1.54) is 6.07 Å². The number of halogens is 3. The van der Waals surface area contributed by atoms with E-state index in [-0.39, 0.29) is 48.5 Å². The normalized spacial score (nSPS) is 17.1. The molecule has 27 heavy (non-hydrogen) atoms. The molecule has 0 radical (unpaired) electrons. The van der Waals surface area contributed by atoms with Gasteiger partial charge in [-0.1, -0.05) is 6.92 Å². The van der Waals surface area contributed by atoms with Crippen molar-refractivity contribution in [2.75, 3.05) is 33.1 Å². The Hall–Kier alpha value is -1.56. The molecule has 2 N–H and O–H groups in total. The van der Waals surface area contributed by atoms with E-state index in [4.69, 9.17) is 14.2 Å². The number of alkyl halides is 2. The highest BCUT2D eigenvalue weighted by atomic mass is 127. The first kappa shape index (κ1) is 21.7. The third kappa shape index (κ3) is 5.71. The van der Waals surface area contributed by atoms with Gasteiger partial charge in [0.1, 0.15) is 5.75 Å². The van der Waals surface area contributed by atoms with Gasteiger partial charge in [0, 0.05) is 30.1 Å². The lowest BCUT2D eigenvalue weighted by Crippen LogP contribution is -2.51. The Morgan fingerprint density at radius 1 is 1.26 bits per heavy atom. The van der Waals surface area contributed by atoms with Gasteiger partial charge in [-0.3, -0.25) is 0 Å². The van der Waals surface area contributed by atoms with Crippen molar-refractivity contribution in [2.24, 2.45) is 10.4 Å². The zero-order valence-electron chi connectivity index (χ0n) is 15.2. The van der Waals surface area contributed by atoms with E-state index in [0.29, 0.717) is 49.3 Å². The maximum absolute atomic E-state index is 12.7. The van der Waals surface area contributed by atoms with Crippen molar-refractivity contribution < 1.29 is 27.7 Å². The van der Waals surface area contributed by atoms with Crippen LogP contribution in [-0.4, -0.2) is 45.7 Å². The molecule has 3 rings (SSSR count). The average Bonchev–Trinajstić information content (AvgIpc) is 3.02. The minimum Gasteiger partial charge on any atom is -0.454 e. The van der Waals surface area contributed by atoms with Crippen LogP contribution in [0, 0.1) is 5.41 Å². The number of nitrogens with one attached hydrogen (secondary N) is 2. The van der Waals surface area contributed by atoms with Crippen LogP contribution in [0.1, 0.15) is 19.4 Å². The van der Waals surface area contributed by atoms with Crippen LogP contribution in [0.4, 0.5) is 8.78 Å². The second-order valence-electron chi connectivity index (χ2n) is 6.54.